The summed E-state index contributed by atoms with van der Waals surface area (Å²) in [6, 6.07) is 13.1. The van der Waals surface area contributed by atoms with E-state index in [9.17, 15) is 9.59 Å². The van der Waals surface area contributed by atoms with Crippen molar-refractivity contribution in [2.75, 3.05) is 24.4 Å². The van der Waals surface area contributed by atoms with Crippen molar-refractivity contribution in [3.8, 4) is 10.6 Å². The summed E-state index contributed by atoms with van der Waals surface area (Å²) in [5, 5.41) is 5.40. The maximum absolute atomic E-state index is 12.5. The Morgan fingerprint density at radius 2 is 1.82 bits per heavy atom. The fourth-order valence-corrected chi connectivity index (χ4v) is 3.65. The average Bonchev–Trinajstić information content (AvgIpc) is 3.17. The summed E-state index contributed by atoms with van der Waals surface area (Å²) < 4.78 is 4.68. The molecule has 0 aliphatic carbocycles. The van der Waals surface area contributed by atoms with Gasteiger partial charge in [-0.15, -0.1) is 11.3 Å². The first-order chi connectivity index (χ1) is 13.4. The number of nitrogens with one attached hydrogen (secondary N) is 1. The van der Waals surface area contributed by atoms with E-state index in [4.69, 9.17) is 0 Å². The fraction of sp³-hybridized carbons (Fsp3) is 0.190. The molecule has 0 fully saturated rings. The standard InChI is InChI=1S/C21H21N3O3S/c1-13-5-10-17(14(2)11-13)20-23-18(12-28-20)19(25)22-15-6-8-16(9-7-15)24(3)21(26)27-4/h5-12H,1-4H3,(H,22,25). The first-order valence-corrected chi connectivity index (χ1v) is 9.53. The number of thiazole rings is 1. The highest BCUT2D eigenvalue weighted by atomic mass is 32.1. The lowest BCUT2D eigenvalue weighted by Crippen LogP contribution is -2.25. The Balaban J connectivity index is 1.72. The lowest BCUT2D eigenvalue weighted by atomic mass is 10.1. The van der Waals surface area contributed by atoms with E-state index in [0.29, 0.717) is 17.1 Å². The summed E-state index contributed by atoms with van der Waals surface area (Å²) in [7, 11) is 2.94. The van der Waals surface area contributed by atoms with Gasteiger partial charge in [0.1, 0.15) is 10.7 Å². The molecule has 0 bridgehead atoms. The molecule has 144 valence electrons. The number of methoxy groups -OCH3 is 1. The Kier molecular flexibility index (Phi) is 5.75. The van der Waals surface area contributed by atoms with E-state index in [1.165, 1.54) is 28.9 Å². The summed E-state index contributed by atoms with van der Waals surface area (Å²) >= 11 is 1.44. The fourth-order valence-electron chi connectivity index (χ4n) is 2.76. The highest BCUT2D eigenvalue weighted by Gasteiger charge is 2.14. The normalized spacial score (nSPS) is 10.4. The number of carbonyl (C=O) groups is 2. The molecule has 1 heterocycles. The zero-order valence-corrected chi connectivity index (χ0v) is 17.0. The van der Waals surface area contributed by atoms with Crippen LogP contribution in [0, 0.1) is 13.8 Å². The molecule has 6 nitrogen and oxygen atoms in total. The van der Waals surface area contributed by atoms with Gasteiger partial charge in [0, 0.05) is 29.4 Å². The van der Waals surface area contributed by atoms with Gasteiger partial charge in [-0.2, -0.15) is 0 Å². The molecule has 0 aliphatic heterocycles. The molecular formula is C21H21N3O3S. The molecule has 7 heteroatoms. The minimum absolute atomic E-state index is 0.277. The molecular weight excluding hydrogens is 374 g/mol. The predicted molar refractivity (Wildman–Crippen MR) is 112 cm³/mol. The molecule has 0 saturated carbocycles. The van der Waals surface area contributed by atoms with Crippen LogP contribution in [0.1, 0.15) is 21.6 Å². The largest absolute Gasteiger partial charge is 0.452 e. The first-order valence-electron chi connectivity index (χ1n) is 8.65. The van der Waals surface area contributed by atoms with Gasteiger partial charge in [0.25, 0.3) is 5.91 Å². The third-order valence-corrected chi connectivity index (χ3v) is 5.19. The molecule has 3 aromatic rings. The number of hydrogen-bond acceptors (Lipinski definition) is 5. The third kappa shape index (κ3) is 4.20. The van der Waals surface area contributed by atoms with Crippen LogP contribution < -0.4 is 10.2 Å². The number of anilines is 2. The summed E-state index contributed by atoms with van der Waals surface area (Å²) in [4.78, 5) is 29.9. The van der Waals surface area contributed by atoms with Gasteiger partial charge in [0.2, 0.25) is 0 Å². The number of carbonyl (C=O) groups excluding carboxylic acids is 2. The van der Waals surface area contributed by atoms with Crippen LogP contribution in [0.3, 0.4) is 0 Å². The molecule has 3 rings (SSSR count). The second kappa shape index (κ2) is 8.22. The highest BCUT2D eigenvalue weighted by Crippen LogP contribution is 2.28. The van der Waals surface area contributed by atoms with Crippen molar-refractivity contribution in [3.63, 3.8) is 0 Å². The summed E-state index contributed by atoms with van der Waals surface area (Å²) in [5.41, 5.74) is 5.01. The van der Waals surface area contributed by atoms with E-state index in [0.717, 1.165) is 16.1 Å². The number of aryl methyl sites for hydroxylation is 2. The van der Waals surface area contributed by atoms with Crippen molar-refractivity contribution in [1.29, 1.82) is 0 Å². The van der Waals surface area contributed by atoms with Gasteiger partial charge in [-0.05, 0) is 43.7 Å². The number of benzene rings is 2. The van der Waals surface area contributed by atoms with Gasteiger partial charge in [-0.25, -0.2) is 9.78 Å². The molecule has 28 heavy (non-hydrogen) atoms. The van der Waals surface area contributed by atoms with E-state index in [1.807, 2.05) is 26.0 Å². The zero-order chi connectivity index (χ0) is 20.3. The molecule has 1 aromatic heterocycles. The zero-order valence-electron chi connectivity index (χ0n) is 16.1. The Bertz CT molecular complexity index is 1010. The minimum atomic E-state index is -0.460. The Hall–Kier alpha value is -3.19. The lowest BCUT2D eigenvalue weighted by Gasteiger charge is -2.15. The monoisotopic (exact) mass is 395 g/mol. The second-order valence-electron chi connectivity index (χ2n) is 6.39. The number of rotatable bonds is 4. The van der Waals surface area contributed by atoms with Gasteiger partial charge in [-0.3, -0.25) is 9.69 Å². The van der Waals surface area contributed by atoms with Crippen molar-refractivity contribution < 1.29 is 14.3 Å². The van der Waals surface area contributed by atoms with Crippen molar-refractivity contribution in [1.82, 2.24) is 4.98 Å². The van der Waals surface area contributed by atoms with Crippen LogP contribution in [0.15, 0.2) is 47.8 Å². The van der Waals surface area contributed by atoms with Crippen LogP contribution in [-0.4, -0.2) is 31.1 Å². The summed E-state index contributed by atoms with van der Waals surface area (Å²) in [6.07, 6.45) is -0.460. The SMILES string of the molecule is COC(=O)N(C)c1ccc(NC(=O)c2csc(-c3ccc(C)cc3C)n2)cc1. The van der Waals surface area contributed by atoms with E-state index >= 15 is 0 Å². The van der Waals surface area contributed by atoms with E-state index in [-0.39, 0.29) is 5.91 Å². The van der Waals surface area contributed by atoms with Gasteiger partial charge >= 0.3 is 6.09 Å². The topological polar surface area (TPSA) is 71.5 Å². The van der Waals surface area contributed by atoms with E-state index < -0.39 is 6.09 Å². The van der Waals surface area contributed by atoms with Crippen molar-refractivity contribution in [3.05, 3.63) is 64.7 Å². The maximum Gasteiger partial charge on any atom is 0.413 e. The molecule has 0 atom stereocenters. The molecule has 2 amide bonds. The van der Waals surface area contributed by atoms with Gasteiger partial charge < -0.3 is 10.1 Å². The molecule has 0 saturated heterocycles. The number of hydrogen-bond donors (Lipinski definition) is 1. The van der Waals surface area contributed by atoms with E-state index in [1.54, 1.807) is 36.7 Å². The Morgan fingerprint density at radius 1 is 1.11 bits per heavy atom. The van der Waals surface area contributed by atoms with Crippen LogP contribution in [0.5, 0.6) is 0 Å². The summed E-state index contributed by atoms with van der Waals surface area (Å²) in [6.45, 7) is 4.09. The predicted octanol–water partition coefficient (Wildman–Crippen LogP) is 4.88. The van der Waals surface area contributed by atoms with Gasteiger partial charge in [0.15, 0.2) is 0 Å². The van der Waals surface area contributed by atoms with Gasteiger partial charge in [-0.1, -0.05) is 23.8 Å². The smallest absolute Gasteiger partial charge is 0.413 e. The lowest BCUT2D eigenvalue weighted by molar-refractivity contribution is 0.102. The van der Waals surface area contributed by atoms with Crippen molar-refractivity contribution >= 4 is 34.7 Å². The van der Waals surface area contributed by atoms with Gasteiger partial charge in [0.05, 0.1) is 7.11 Å². The minimum Gasteiger partial charge on any atom is -0.452 e. The molecule has 0 spiro atoms. The highest BCUT2D eigenvalue weighted by molar-refractivity contribution is 7.13. The Morgan fingerprint density at radius 3 is 2.46 bits per heavy atom. The number of amides is 2. The maximum atomic E-state index is 12.5. The van der Waals surface area contributed by atoms with E-state index in [2.05, 4.69) is 21.1 Å². The molecule has 2 aromatic carbocycles. The van der Waals surface area contributed by atoms with Crippen molar-refractivity contribution in [2.45, 2.75) is 13.8 Å². The summed E-state index contributed by atoms with van der Waals surface area (Å²) in [5.74, 6) is -0.277. The average molecular weight is 395 g/mol. The molecule has 0 unspecified atom stereocenters. The van der Waals surface area contributed by atoms with Crippen LogP contribution in [0.4, 0.5) is 16.2 Å². The number of aromatic nitrogens is 1. The van der Waals surface area contributed by atoms with Crippen LogP contribution >= 0.6 is 11.3 Å². The molecule has 1 N–H and O–H groups in total. The molecule has 0 radical (unpaired) electrons. The second-order valence-corrected chi connectivity index (χ2v) is 7.24. The number of ether oxygens (including phenoxy) is 1. The molecule has 0 aliphatic rings. The quantitative estimate of drug-likeness (QED) is 0.683. The first kappa shape index (κ1) is 19.6. The number of nitrogens with zero attached hydrogens (tertiary/aromatic N) is 2. The van der Waals surface area contributed by atoms with Crippen molar-refractivity contribution in [2.24, 2.45) is 0 Å². The Labute approximate surface area is 167 Å². The van der Waals surface area contributed by atoms with Crippen LogP contribution in [0.25, 0.3) is 10.6 Å². The third-order valence-electron chi connectivity index (χ3n) is 4.31. The van der Waals surface area contributed by atoms with Crippen LogP contribution in [0.2, 0.25) is 0 Å². The van der Waals surface area contributed by atoms with Crippen LogP contribution in [-0.2, 0) is 4.74 Å².